The van der Waals surface area contributed by atoms with Crippen molar-refractivity contribution in [2.45, 2.75) is 6.32 Å². The molecule has 5 heteroatoms. The molecule has 0 N–H and O–H groups in total. The predicted molar refractivity (Wildman–Crippen MR) is 52.3 cm³/mol. The number of hydrogen-bond donors (Lipinski definition) is 0. The van der Waals surface area contributed by atoms with E-state index in [1.807, 2.05) is 6.07 Å². The molecular formula is C8H5BN2OS. The maximum atomic E-state index is 11.2. The third kappa shape index (κ3) is 1.47. The number of benzene rings is 1. The quantitative estimate of drug-likeness (QED) is 0.529. The van der Waals surface area contributed by atoms with E-state index in [0.29, 0.717) is 5.56 Å². The molecule has 0 spiro atoms. The van der Waals surface area contributed by atoms with Crippen molar-refractivity contribution in [3.05, 3.63) is 23.8 Å². The molecule has 0 amide bonds. The van der Waals surface area contributed by atoms with Crippen LogP contribution in [-0.2, 0) is 0 Å². The van der Waals surface area contributed by atoms with E-state index < -0.39 is 0 Å². The van der Waals surface area contributed by atoms with Gasteiger partial charge in [0.2, 0.25) is 0 Å². The number of rotatable bonds is 2. The molecule has 0 atom stereocenters. The fourth-order valence-corrected chi connectivity index (χ4v) is 1.61. The Morgan fingerprint density at radius 3 is 3.15 bits per heavy atom. The fourth-order valence-electron chi connectivity index (χ4n) is 1.07. The highest BCUT2D eigenvalue weighted by atomic mass is 32.1. The van der Waals surface area contributed by atoms with Gasteiger partial charge in [0, 0.05) is 5.56 Å². The molecule has 1 aromatic heterocycles. The zero-order chi connectivity index (χ0) is 9.26. The number of carbonyl (C=O) groups is 1. The van der Waals surface area contributed by atoms with E-state index in [0.717, 1.165) is 10.2 Å². The number of fused-ring (bicyclic) bond motifs is 1. The second-order valence-electron chi connectivity index (χ2n) is 2.58. The van der Waals surface area contributed by atoms with E-state index >= 15 is 0 Å². The van der Waals surface area contributed by atoms with Gasteiger partial charge in [-0.05, 0) is 36.1 Å². The van der Waals surface area contributed by atoms with Gasteiger partial charge < -0.3 is 0 Å². The van der Waals surface area contributed by atoms with Crippen LogP contribution in [0, 0.1) is 0 Å². The maximum Gasteiger partial charge on any atom is 0.154 e. The van der Waals surface area contributed by atoms with E-state index in [-0.39, 0.29) is 12.1 Å². The van der Waals surface area contributed by atoms with Crippen LogP contribution < -0.4 is 0 Å². The van der Waals surface area contributed by atoms with Crippen molar-refractivity contribution in [2.75, 3.05) is 0 Å². The van der Waals surface area contributed by atoms with Gasteiger partial charge in [-0.3, -0.25) is 4.79 Å². The zero-order valence-corrected chi connectivity index (χ0v) is 7.54. The first kappa shape index (κ1) is 8.38. The number of aromatic nitrogens is 2. The summed E-state index contributed by atoms with van der Waals surface area (Å²) in [4.78, 5) is 11.2. The van der Waals surface area contributed by atoms with Gasteiger partial charge in [0.05, 0.1) is 12.5 Å². The molecule has 0 bridgehead atoms. The highest BCUT2D eigenvalue weighted by molar-refractivity contribution is 7.12. The van der Waals surface area contributed by atoms with Gasteiger partial charge >= 0.3 is 0 Å². The van der Waals surface area contributed by atoms with E-state index in [1.54, 1.807) is 12.1 Å². The molecule has 62 valence electrons. The van der Waals surface area contributed by atoms with Crippen molar-refractivity contribution < 1.29 is 4.79 Å². The first-order valence-corrected chi connectivity index (χ1v) is 4.54. The van der Waals surface area contributed by atoms with Crippen molar-refractivity contribution >= 4 is 35.4 Å². The summed E-state index contributed by atoms with van der Waals surface area (Å²) in [5.74, 6) is -0.0742. The molecule has 2 aromatic rings. The van der Waals surface area contributed by atoms with Gasteiger partial charge in [0.1, 0.15) is 5.52 Å². The van der Waals surface area contributed by atoms with Crippen LogP contribution in [0.25, 0.3) is 10.2 Å². The normalized spacial score (nSPS) is 10.5. The van der Waals surface area contributed by atoms with Crippen LogP contribution in [-0.4, -0.2) is 23.2 Å². The largest absolute Gasteiger partial charge is 0.295 e. The highest BCUT2D eigenvalue weighted by Gasteiger charge is 2.05. The topological polar surface area (TPSA) is 42.9 Å². The summed E-state index contributed by atoms with van der Waals surface area (Å²) in [6.45, 7) is 0. The maximum absolute atomic E-state index is 11.2. The van der Waals surface area contributed by atoms with Crippen molar-refractivity contribution in [3.63, 3.8) is 0 Å². The monoisotopic (exact) mass is 188 g/mol. The third-order valence-electron chi connectivity index (χ3n) is 1.75. The molecule has 0 aliphatic carbocycles. The van der Waals surface area contributed by atoms with Gasteiger partial charge in [-0.1, -0.05) is 4.49 Å². The van der Waals surface area contributed by atoms with Gasteiger partial charge in [-0.15, -0.1) is 5.10 Å². The van der Waals surface area contributed by atoms with Crippen LogP contribution in [0.15, 0.2) is 18.2 Å². The smallest absolute Gasteiger partial charge is 0.154 e. The minimum Gasteiger partial charge on any atom is -0.295 e. The SMILES string of the molecule is [B]CC(=O)c1ccc2snnc2c1. The van der Waals surface area contributed by atoms with Crippen LogP contribution in [0.3, 0.4) is 0 Å². The van der Waals surface area contributed by atoms with Crippen LogP contribution in [0.5, 0.6) is 0 Å². The Balaban J connectivity index is 2.54. The van der Waals surface area contributed by atoms with Crippen molar-refractivity contribution in [1.29, 1.82) is 0 Å². The van der Waals surface area contributed by atoms with Gasteiger partial charge in [-0.25, -0.2) is 0 Å². The van der Waals surface area contributed by atoms with E-state index in [1.165, 1.54) is 11.5 Å². The lowest BCUT2D eigenvalue weighted by molar-refractivity contribution is 0.101. The van der Waals surface area contributed by atoms with E-state index in [2.05, 4.69) is 9.59 Å². The molecule has 2 radical (unpaired) electrons. The van der Waals surface area contributed by atoms with Crippen LogP contribution in [0.2, 0.25) is 6.32 Å². The molecule has 1 aromatic carbocycles. The zero-order valence-electron chi connectivity index (χ0n) is 6.73. The Morgan fingerprint density at radius 1 is 1.54 bits per heavy atom. The van der Waals surface area contributed by atoms with Crippen molar-refractivity contribution in [2.24, 2.45) is 0 Å². The second-order valence-corrected chi connectivity index (χ2v) is 3.37. The Morgan fingerprint density at radius 2 is 2.38 bits per heavy atom. The number of hydrogen-bond acceptors (Lipinski definition) is 4. The molecule has 0 fully saturated rings. The van der Waals surface area contributed by atoms with E-state index in [9.17, 15) is 4.79 Å². The van der Waals surface area contributed by atoms with Crippen LogP contribution >= 0.6 is 11.5 Å². The Labute approximate surface area is 80.3 Å². The number of nitrogens with zero attached hydrogens (tertiary/aromatic N) is 2. The minimum atomic E-state index is -0.0742. The molecule has 0 saturated heterocycles. The second kappa shape index (κ2) is 3.26. The molecule has 0 saturated carbocycles. The number of carbonyl (C=O) groups excluding carboxylic acids is 1. The minimum absolute atomic E-state index is 0.0308. The Kier molecular flexibility index (Phi) is 2.10. The lowest BCUT2D eigenvalue weighted by Crippen LogP contribution is -1.96. The van der Waals surface area contributed by atoms with Crippen LogP contribution in [0.1, 0.15) is 10.4 Å². The standard InChI is InChI=1S/C8H5BN2OS/c9-4-7(12)5-1-2-8-6(3-5)10-11-13-8/h1-3H,4H2. The van der Waals surface area contributed by atoms with E-state index in [4.69, 9.17) is 7.85 Å². The molecule has 0 aliphatic rings. The average Bonchev–Trinajstić information content (AvgIpc) is 2.63. The van der Waals surface area contributed by atoms with Gasteiger partial charge in [-0.2, -0.15) is 0 Å². The van der Waals surface area contributed by atoms with Gasteiger partial charge in [0.25, 0.3) is 0 Å². The summed E-state index contributed by atoms with van der Waals surface area (Å²) in [5.41, 5.74) is 1.35. The summed E-state index contributed by atoms with van der Waals surface area (Å²) in [6, 6.07) is 5.30. The first-order chi connectivity index (χ1) is 6.31. The van der Waals surface area contributed by atoms with Crippen molar-refractivity contribution in [1.82, 2.24) is 9.59 Å². The first-order valence-electron chi connectivity index (χ1n) is 3.76. The number of ketones is 1. The average molecular weight is 188 g/mol. The molecule has 0 aliphatic heterocycles. The molecule has 1 heterocycles. The highest BCUT2D eigenvalue weighted by Crippen LogP contribution is 2.17. The third-order valence-corrected chi connectivity index (χ3v) is 2.46. The number of Topliss-reactive ketones (excluding diaryl/α,β-unsaturated/α-hetero) is 1. The predicted octanol–water partition coefficient (Wildman–Crippen LogP) is 1.46. The summed E-state index contributed by atoms with van der Waals surface area (Å²) in [6.07, 6.45) is 0.0308. The fraction of sp³-hybridized carbons (Fsp3) is 0.125. The lowest BCUT2D eigenvalue weighted by atomic mass is 9.96. The van der Waals surface area contributed by atoms with Crippen molar-refractivity contribution in [3.8, 4) is 0 Å². The summed E-state index contributed by atoms with van der Waals surface area (Å²) in [7, 11) is 5.24. The molecule has 13 heavy (non-hydrogen) atoms. The molecule has 0 unspecified atom stereocenters. The van der Waals surface area contributed by atoms with Crippen LogP contribution in [0.4, 0.5) is 0 Å². The lowest BCUT2D eigenvalue weighted by Gasteiger charge is -1.95. The summed E-state index contributed by atoms with van der Waals surface area (Å²) < 4.78 is 4.76. The summed E-state index contributed by atoms with van der Waals surface area (Å²) >= 11 is 1.31. The summed E-state index contributed by atoms with van der Waals surface area (Å²) in [5, 5.41) is 3.87. The molecule has 3 nitrogen and oxygen atoms in total. The van der Waals surface area contributed by atoms with Gasteiger partial charge in [0.15, 0.2) is 5.78 Å². The Bertz CT molecular complexity index is 454. The molecular weight excluding hydrogens is 183 g/mol. The Hall–Kier alpha value is -1.23. The molecule has 2 rings (SSSR count).